The van der Waals surface area contributed by atoms with Gasteiger partial charge in [-0.25, -0.2) is 0 Å². The fraction of sp³-hybridized carbons (Fsp3) is 0.550. The van der Waals surface area contributed by atoms with Gasteiger partial charge in [0.15, 0.2) is 0 Å². The van der Waals surface area contributed by atoms with E-state index in [4.69, 9.17) is 0 Å². The van der Waals surface area contributed by atoms with Crippen molar-refractivity contribution in [2.24, 2.45) is 5.92 Å². The van der Waals surface area contributed by atoms with Crippen LogP contribution in [0.25, 0.3) is 0 Å². The number of benzene rings is 1. The first-order valence-corrected chi connectivity index (χ1v) is 9.69. The highest BCUT2D eigenvalue weighted by molar-refractivity contribution is 6.09. The lowest BCUT2D eigenvalue weighted by Gasteiger charge is -2.36. The second kappa shape index (κ2) is 6.64. The normalized spacial score (nSPS) is 28.9. The van der Waals surface area contributed by atoms with Crippen molar-refractivity contribution in [3.05, 3.63) is 29.8 Å². The Labute approximate surface area is 158 Å². The van der Waals surface area contributed by atoms with Crippen LogP contribution < -0.4 is 16.0 Å². The topological polar surface area (TPSA) is 90.5 Å². The molecule has 3 heterocycles. The molecule has 3 aliphatic rings. The highest BCUT2D eigenvalue weighted by Gasteiger charge is 2.65. The standard InChI is InChI=1S/C20H26N4O3/c1-12(2)22-17(25)11-21-18(26)15-10-13-6-5-9-24(13)20(15)14-7-3-4-8-16(14)23-19(20)27/h3-4,7-8,12-13,15H,5-6,9-11H2,1-2H3,(H,21,26)(H,22,25)(H,23,27)/t13-,15+,20+/m1/s1. The Kier molecular flexibility index (Phi) is 4.42. The third kappa shape index (κ3) is 2.72. The summed E-state index contributed by atoms with van der Waals surface area (Å²) in [6.07, 6.45) is 2.67. The molecule has 0 saturated carbocycles. The largest absolute Gasteiger partial charge is 0.352 e. The molecule has 0 aliphatic carbocycles. The van der Waals surface area contributed by atoms with Crippen LogP contribution in [-0.4, -0.2) is 47.8 Å². The SMILES string of the molecule is CC(C)NC(=O)CNC(=O)[C@@H]1C[C@H]2CCCN2[C@]12C(=O)Nc1ccccc12. The Bertz CT molecular complexity index is 793. The maximum absolute atomic E-state index is 13.2. The molecule has 4 rings (SSSR count). The lowest BCUT2D eigenvalue weighted by atomic mass is 9.78. The number of fused-ring (bicyclic) bond motifs is 4. The Balaban J connectivity index is 1.63. The van der Waals surface area contributed by atoms with Crippen LogP contribution in [0.1, 0.15) is 38.7 Å². The van der Waals surface area contributed by atoms with Gasteiger partial charge < -0.3 is 16.0 Å². The summed E-state index contributed by atoms with van der Waals surface area (Å²) in [7, 11) is 0. The zero-order valence-corrected chi connectivity index (χ0v) is 15.7. The molecule has 7 nitrogen and oxygen atoms in total. The van der Waals surface area contributed by atoms with Crippen LogP contribution in [0.3, 0.4) is 0 Å². The van der Waals surface area contributed by atoms with Gasteiger partial charge in [0.05, 0.1) is 12.5 Å². The molecule has 0 unspecified atom stereocenters. The summed E-state index contributed by atoms with van der Waals surface area (Å²) >= 11 is 0. The number of carbonyl (C=O) groups is 3. The summed E-state index contributed by atoms with van der Waals surface area (Å²) in [4.78, 5) is 40.4. The van der Waals surface area contributed by atoms with E-state index in [1.54, 1.807) is 0 Å². The minimum atomic E-state index is -0.962. The quantitative estimate of drug-likeness (QED) is 0.736. The lowest BCUT2D eigenvalue weighted by Crippen LogP contribution is -2.55. The van der Waals surface area contributed by atoms with Crippen molar-refractivity contribution in [1.82, 2.24) is 15.5 Å². The molecule has 1 spiro atoms. The van der Waals surface area contributed by atoms with Crippen LogP contribution in [0.5, 0.6) is 0 Å². The fourth-order valence-electron chi connectivity index (χ4n) is 5.04. The molecule has 2 fully saturated rings. The van der Waals surface area contributed by atoms with E-state index >= 15 is 0 Å². The van der Waals surface area contributed by atoms with E-state index in [2.05, 4.69) is 20.9 Å². The van der Waals surface area contributed by atoms with E-state index in [1.165, 1.54) is 0 Å². The van der Waals surface area contributed by atoms with Gasteiger partial charge in [-0.1, -0.05) is 18.2 Å². The van der Waals surface area contributed by atoms with Crippen molar-refractivity contribution < 1.29 is 14.4 Å². The number of hydrogen-bond donors (Lipinski definition) is 3. The second-order valence-electron chi connectivity index (χ2n) is 7.98. The zero-order chi connectivity index (χ0) is 19.2. The lowest BCUT2D eigenvalue weighted by molar-refractivity contribution is -0.138. The van der Waals surface area contributed by atoms with E-state index in [-0.39, 0.29) is 36.3 Å². The molecule has 7 heteroatoms. The average Bonchev–Trinajstić information content (AvgIpc) is 3.27. The van der Waals surface area contributed by atoms with Crippen LogP contribution in [-0.2, 0) is 19.9 Å². The molecule has 0 radical (unpaired) electrons. The van der Waals surface area contributed by atoms with Gasteiger partial charge >= 0.3 is 0 Å². The maximum Gasteiger partial charge on any atom is 0.250 e. The Morgan fingerprint density at radius 3 is 2.89 bits per heavy atom. The number of rotatable bonds is 4. The summed E-state index contributed by atoms with van der Waals surface area (Å²) in [6.45, 7) is 4.49. The van der Waals surface area contributed by atoms with Crippen LogP contribution in [0.2, 0.25) is 0 Å². The number of carbonyl (C=O) groups excluding carboxylic acids is 3. The molecular weight excluding hydrogens is 344 g/mol. The molecule has 0 bridgehead atoms. The van der Waals surface area contributed by atoms with E-state index < -0.39 is 11.5 Å². The molecule has 1 aromatic rings. The first-order chi connectivity index (χ1) is 12.9. The smallest absolute Gasteiger partial charge is 0.250 e. The van der Waals surface area contributed by atoms with Gasteiger partial charge in [0, 0.05) is 23.3 Å². The summed E-state index contributed by atoms with van der Waals surface area (Å²) < 4.78 is 0. The molecule has 27 heavy (non-hydrogen) atoms. The number of para-hydroxylation sites is 1. The van der Waals surface area contributed by atoms with Gasteiger partial charge in [-0.3, -0.25) is 19.3 Å². The van der Waals surface area contributed by atoms with Gasteiger partial charge in [0.1, 0.15) is 5.54 Å². The summed E-state index contributed by atoms with van der Waals surface area (Å²) in [5, 5.41) is 8.51. The van der Waals surface area contributed by atoms with Gasteiger partial charge in [0.25, 0.3) is 0 Å². The van der Waals surface area contributed by atoms with E-state index in [0.717, 1.165) is 30.6 Å². The van der Waals surface area contributed by atoms with Crippen LogP contribution >= 0.6 is 0 Å². The van der Waals surface area contributed by atoms with Gasteiger partial charge in [0.2, 0.25) is 17.7 Å². The molecule has 1 aromatic carbocycles. The summed E-state index contributed by atoms with van der Waals surface area (Å²) in [5.41, 5.74) is 0.702. The number of nitrogens with zero attached hydrogens (tertiary/aromatic N) is 1. The Hall–Kier alpha value is -2.41. The van der Waals surface area contributed by atoms with Crippen molar-refractivity contribution in [1.29, 1.82) is 0 Å². The average molecular weight is 370 g/mol. The van der Waals surface area contributed by atoms with Crippen molar-refractivity contribution in [2.45, 2.75) is 50.7 Å². The van der Waals surface area contributed by atoms with Gasteiger partial charge in [-0.15, -0.1) is 0 Å². The Morgan fingerprint density at radius 2 is 2.11 bits per heavy atom. The number of hydrogen-bond acceptors (Lipinski definition) is 4. The van der Waals surface area contributed by atoms with Crippen LogP contribution in [0.4, 0.5) is 5.69 Å². The number of anilines is 1. The predicted molar refractivity (Wildman–Crippen MR) is 101 cm³/mol. The molecule has 3 aliphatic heterocycles. The highest BCUT2D eigenvalue weighted by atomic mass is 16.2. The fourth-order valence-corrected chi connectivity index (χ4v) is 5.04. The monoisotopic (exact) mass is 370 g/mol. The molecular formula is C20H26N4O3. The highest BCUT2D eigenvalue weighted by Crippen LogP contribution is 2.55. The summed E-state index contributed by atoms with van der Waals surface area (Å²) in [6, 6.07) is 7.87. The van der Waals surface area contributed by atoms with Gasteiger partial charge in [-0.05, 0) is 45.7 Å². The van der Waals surface area contributed by atoms with E-state index in [9.17, 15) is 14.4 Å². The van der Waals surface area contributed by atoms with Gasteiger partial charge in [-0.2, -0.15) is 0 Å². The first-order valence-electron chi connectivity index (χ1n) is 9.69. The molecule has 3 atom stereocenters. The van der Waals surface area contributed by atoms with Crippen LogP contribution in [0.15, 0.2) is 24.3 Å². The second-order valence-corrected chi connectivity index (χ2v) is 7.98. The Morgan fingerprint density at radius 1 is 1.33 bits per heavy atom. The zero-order valence-electron chi connectivity index (χ0n) is 15.7. The first kappa shape index (κ1) is 18.0. The minimum Gasteiger partial charge on any atom is -0.352 e. The third-order valence-electron chi connectivity index (χ3n) is 5.96. The van der Waals surface area contributed by atoms with Crippen LogP contribution in [0, 0.1) is 5.92 Å². The van der Waals surface area contributed by atoms with E-state index in [0.29, 0.717) is 6.42 Å². The van der Waals surface area contributed by atoms with E-state index in [1.807, 2.05) is 38.1 Å². The molecule has 3 N–H and O–H groups in total. The number of amides is 3. The number of nitrogens with one attached hydrogen (secondary N) is 3. The van der Waals surface area contributed by atoms with Crippen molar-refractivity contribution in [3.8, 4) is 0 Å². The van der Waals surface area contributed by atoms with Crippen molar-refractivity contribution in [3.63, 3.8) is 0 Å². The molecule has 2 saturated heterocycles. The molecule has 3 amide bonds. The third-order valence-corrected chi connectivity index (χ3v) is 5.96. The molecule has 0 aromatic heterocycles. The van der Waals surface area contributed by atoms with Crippen molar-refractivity contribution >= 4 is 23.4 Å². The van der Waals surface area contributed by atoms with Crippen molar-refractivity contribution in [2.75, 3.05) is 18.4 Å². The summed E-state index contributed by atoms with van der Waals surface area (Å²) in [5.74, 6) is -1.07. The maximum atomic E-state index is 13.2. The predicted octanol–water partition coefficient (Wildman–Crippen LogP) is 0.959. The minimum absolute atomic E-state index is 0.0187. The molecule has 144 valence electrons.